The SMILES string of the molecule is COc1ccc(C(=O)c2ccc(F)c(OC)c2)c(OC)c1. The first-order valence-electron chi connectivity index (χ1n) is 6.21. The van der Waals surface area contributed by atoms with Crippen molar-refractivity contribution in [2.45, 2.75) is 0 Å². The van der Waals surface area contributed by atoms with Crippen molar-refractivity contribution < 1.29 is 23.4 Å². The molecule has 0 heterocycles. The molecule has 110 valence electrons. The molecule has 0 N–H and O–H groups in total. The van der Waals surface area contributed by atoms with Gasteiger partial charge in [0.1, 0.15) is 11.5 Å². The van der Waals surface area contributed by atoms with Crippen molar-refractivity contribution >= 4 is 5.78 Å². The molecule has 0 radical (unpaired) electrons. The molecule has 5 heteroatoms. The van der Waals surface area contributed by atoms with Gasteiger partial charge >= 0.3 is 0 Å². The van der Waals surface area contributed by atoms with Crippen molar-refractivity contribution in [3.63, 3.8) is 0 Å². The number of hydrogen-bond acceptors (Lipinski definition) is 4. The molecule has 0 saturated carbocycles. The highest BCUT2D eigenvalue weighted by Gasteiger charge is 2.17. The quantitative estimate of drug-likeness (QED) is 0.794. The zero-order valence-corrected chi connectivity index (χ0v) is 12.0. The Kier molecular flexibility index (Phi) is 4.42. The topological polar surface area (TPSA) is 44.8 Å². The van der Waals surface area contributed by atoms with Crippen LogP contribution in [0.5, 0.6) is 17.2 Å². The molecule has 2 rings (SSSR count). The Bertz CT molecular complexity index is 667. The van der Waals surface area contributed by atoms with Gasteiger partial charge < -0.3 is 14.2 Å². The van der Waals surface area contributed by atoms with E-state index < -0.39 is 5.82 Å². The second-order valence-corrected chi connectivity index (χ2v) is 4.24. The minimum atomic E-state index is -0.518. The van der Waals surface area contributed by atoms with E-state index in [1.807, 2.05) is 0 Å². The van der Waals surface area contributed by atoms with E-state index in [4.69, 9.17) is 14.2 Å². The first-order valence-corrected chi connectivity index (χ1v) is 6.21. The molecule has 0 aliphatic heterocycles. The number of carbonyl (C=O) groups is 1. The van der Waals surface area contributed by atoms with E-state index in [1.54, 1.807) is 18.2 Å². The van der Waals surface area contributed by atoms with Crippen molar-refractivity contribution in [2.75, 3.05) is 21.3 Å². The molecular weight excluding hydrogens is 275 g/mol. The fourth-order valence-corrected chi connectivity index (χ4v) is 1.94. The predicted octanol–water partition coefficient (Wildman–Crippen LogP) is 3.08. The Morgan fingerprint density at radius 1 is 0.905 bits per heavy atom. The highest BCUT2D eigenvalue weighted by molar-refractivity contribution is 6.11. The lowest BCUT2D eigenvalue weighted by molar-refractivity contribution is 0.103. The highest BCUT2D eigenvalue weighted by atomic mass is 19.1. The van der Waals surface area contributed by atoms with Gasteiger partial charge in [-0.1, -0.05) is 0 Å². The maximum atomic E-state index is 13.4. The average molecular weight is 290 g/mol. The van der Waals surface area contributed by atoms with Crippen molar-refractivity contribution in [1.29, 1.82) is 0 Å². The maximum absolute atomic E-state index is 13.4. The fraction of sp³-hybridized carbons (Fsp3) is 0.188. The van der Waals surface area contributed by atoms with E-state index in [0.29, 0.717) is 22.6 Å². The molecule has 0 fully saturated rings. The monoisotopic (exact) mass is 290 g/mol. The number of ketones is 1. The number of halogens is 1. The summed E-state index contributed by atoms with van der Waals surface area (Å²) in [5.74, 6) is 0.194. The number of benzene rings is 2. The summed E-state index contributed by atoms with van der Waals surface area (Å²) < 4.78 is 28.6. The molecule has 2 aromatic rings. The number of carbonyl (C=O) groups excluding carboxylic acids is 1. The normalized spacial score (nSPS) is 10.1. The summed E-state index contributed by atoms with van der Waals surface area (Å²) >= 11 is 0. The maximum Gasteiger partial charge on any atom is 0.196 e. The molecule has 0 spiro atoms. The van der Waals surface area contributed by atoms with Crippen LogP contribution in [0.3, 0.4) is 0 Å². The third kappa shape index (κ3) is 2.97. The lowest BCUT2D eigenvalue weighted by Gasteiger charge is -2.10. The van der Waals surface area contributed by atoms with Crippen LogP contribution < -0.4 is 14.2 Å². The Morgan fingerprint density at radius 2 is 1.62 bits per heavy atom. The van der Waals surface area contributed by atoms with Gasteiger partial charge in [0.25, 0.3) is 0 Å². The van der Waals surface area contributed by atoms with Crippen LogP contribution in [0, 0.1) is 5.82 Å². The van der Waals surface area contributed by atoms with E-state index in [-0.39, 0.29) is 11.5 Å². The lowest BCUT2D eigenvalue weighted by atomic mass is 10.0. The number of hydrogen-bond donors (Lipinski definition) is 0. The van der Waals surface area contributed by atoms with Gasteiger partial charge in [0.05, 0.1) is 26.9 Å². The molecule has 0 atom stereocenters. The molecule has 0 aliphatic carbocycles. The molecular formula is C16H15FO4. The van der Waals surface area contributed by atoms with Crippen LogP contribution in [0.25, 0.3) is 0 Å². The Morgan fingerprint density at radius 3 is 2.24 bits per heavy atom. The summed E-state index contributed by atoms with van der Waals surface area (Å²) in [6, 6.07) is 8.85. The zero-order valence-electron chi connectivity index (χ0n) is 12.0. The summed E-state index contributed by atoms with van der Waals surface area (Å²) in [5, 5.41) is 0. The van der Waals surface area contributed by atoms with Crippen LogP contribution in [-0.4, -0.2) is 27.1 Å². The van der Waals surface area contributed by atoms with Gasteiger partial charge in [-0.2, -0.15) is 0 Å². The Labute approximate surface area is 122 Å². The van der Waals surface area contributed by atoms with Crippen LogP contribution in [0.2, 0.25) is 0 Å². The van der Waals surface area contributed by atoms with Crippen molar-refractivity contribution in [3.05, 3.63) is 53.3 Å². The molecule has 4 nitrogen and oxygen atoms in total. The van der Waals surface area contributed by atoms with Crippen molar-refractivity contribution in [1.82, 2.24) is 0 Å². The molecule has 0 bridgehead atoms. The van der Waals surface area contributed by atoms with Gasteiger partial charge in [-0.05, 0) is 30.3 Å². The van der Waals surface area contributed by atoms with Gasteiger partial charge in [0.15, 0.2) is 17.3 Å². The number of ether oxygens (including phenoxy) is 3. The number of rotatable bonds is 5. The summed E-state index contributed by atoms with van der Waals surface area (Å²) in [4.78, 5) is 12.5. The fourth-order valence-electron chi connectivity index (χ4n) is 1.94. The van der Waals surface area contributed by atoms with Crippen LogP contribution >= 0.6 is 0 Å². The molecule has 21 heavy (non-hydrogen) atoms. The Balaban J connectivity index is 2.44. The summed E-state index contributed by atoms with van der Waals surface area (Å²) in [5.41, 5.74) is 0.684. The summed E-state index contributed by atoms with van der Waals surface area (Å²) in [6.07, 6.45) is 0. The van der Waals surface area contributed by atoms with Gasteiger partial charge in [-0.15, -0.1) is 0 Å². The molecule has 0 unspecified atom stereocenters. The van der Waals surface area contributed by atoms with Crippen molar-refractivity contribution in [2.24, 2.45) is 0 Å². The van der Waals surface area contributed by atoms with Crippen LogP contribution in [0.15, 0.2) is 36.4 Å². The van der Waals surface area contributed by atoms with Gasteiger partial charge in [0, 0.05) is 11.6 Å². The van der Waals surface area contributed by atoms with Gasteiger partial charge in [-0.3, -0.25) is 4.79 Å². The van der Waals surface area contributed by atoms with Crippen LogP contribution in [0.4, 0.5) is 4.39 Å². The van der Waals surface area contributed by atoms with Gasteiger partial charge in [0.2, 0.25) is 0 Å². The Hall–Kier alpha value is -2.56. The zero-order chi connectivity index (χ0) is 15.4. The third-order valence-electron chi connectivity index (χ3n) is 3.07. The van der Waals surface area contributed by atoms with Gasteiger partial charge in [-0.25, -0.2) is 4.39 Å². The molecule has 0 saturated heterocycles. The lowest BCUT2D eigenvalue weighted by Crippen LogP contribution is -2.05. The molecule has 0 aromatic heterocycles. The summed E-state index contributed by atoms with van der Waals surface area (Å²) in [6.45, 7) is 0. The van der Waals surface area contributed by atoms with E-state index in [1.165, 1.54) is 39.5 Å². The second-order valence-electron chi connectivity index (χ2n) is 4.24. The third-order valence-corrected chi connectivity index (χ3v) is 3.07. The standard InChI is InChI=1S/C16H15FO4/c1-19-11-5-6-12(14(9-11)20-2)16(18)10-4-7-13(17)15(8-10)21-3/h4-9H,1-3H3. The first kappa shape index (κ1) is 14.8. The molecule has 0 amide bonds. The first-order chi connectivity index (χ1) is 10.1. The largest absolute Gasteiger partial charge is 0.497 e. The highest BCUT2D eigenvalue weighted by Crippen LogP contribution is 2.28. The minimum absolute atomic E-state index is 0.0216. The minimum Gasteiger partial charge on any atom is -0.497 e. The van der Waals surface area contributed by atoms with Crippen LogP contribution in [-0.2, 0) is 0 Å². The molecule has 0 aliphatic rings. The van der Waals surface area contributed by atoms with Crippen molar-refractivity contribution in [3.8, 4) is 17.2 Å². The van der Waals surface area contributed by atoms with E-state index in [0.717, 1.165) is 0 Å². The predicted molar refractivity (Wildman–Crippen MR) is 75.9 cm³/mol. The molecule has 2 aromatic carbocycles. The number of methoxy groups -OCH3 is 3. The van der Waals surface area contributed by atoms with E-state index >= 15 is 0 Å². The average Bonchev–Trinajstić information content (AvgIpc) is 2.54. The van der Waals surface area contributed by atoms with E-state index in [9.17, 15) is 9.18 Å². The second kappa shape index (κ2) is 6.26. The smallest absolute Gasteiger partial charge is 0.196 e. The summed E-state index contributed by atoms with van der Waals surface area (Å²) in [7, 11) is 4.35. The van der Waals surface area contributed by atoms with E-state index in [2.05, 4.69) is 0 Å². The van der Waals surface area contributed by atoms with Crippen LogP contribution in [0.1, 0.15) is 15.9 Å².